The smallest absolute Gasteiger partial charge is 0.232 e. The second kappa shape index (κ2) is 53.9. The van der Waals surface area contributed by atoms with Gasteiger partial charge < -0.3 is 67.5 Å². The lowest BCUT2D eigenvalue weighted by atomic mass is 9.92. The number of nitrogens with zero attached hydrogens (tertiary/aromatic N) is 17. The highest BCUT2D eigenvalue weighted by molar-refractivity contribution is 5.14. The lowest BCUT2D eigenvalue weighted by molar-refractivity contribution is -0.0836. The average molecular weight is 1910 g/mol. The van der Waals surface area contributed by atoms with Crippen molar-refractivity contribution >= 4 is 0 Å². The number of rotatable bonds is 28. The van der Waals surface area contributed by atoms with Crippen molar-refractivity contribution in [1.82, 2.24) is 83.5 Å². The van der Waals surface area contributed by atoms with Crippen LogP contribution in [0.4, 0.5) is 0 Å². The van der Waals surface area contributed by atoms with Crippen molar-refractivity contribution in [2.75, 3.05) is 288 Å². The Morgan fingerprint density at radius 2 is 0.563 bits per heavy atom. The van der Waals surface area contributed by atoms with Crippen LogP contribution in [0.2, 0.25) is 0 Å². The van der Waals surface area contributed by atoms with Crippen LogP contribution in [0.15, 0.2) is 12.4 Å². The van der Waals surface area contributed by atoms with Crippen molar-refractivity contribution in [3.05, 3.63) is 18.1 Å². The number of hydrogen-bond acceptors (Lipinski definition) is 24. The van der Waals surface area contributed by atoms with Gasteiger partial charge in [-0.25, -0.2) is 4.98 Å². The molecule has 12 heterocycles. The van der Waals surface area contributed by atoms with Gasteiger partial charge in [0.15, 0.2) is 0 Å². The third-order valence-corrected chi connectivity index (χ3v) is 29.1. The maximum absolute atomic E-state index is 6.14. The van der Waals surface area contributed by atoms with E-state index in [1.165, 1.54) is 254 Å². The zero-order valence-corrected chi connectivity index (χ0v) is 95.4. The van der Waals surface area contributed by atoms with Gasteiger partial charge in [-0.15, -0.1) is 0 Å². The summed E-state index contributed by atoms with van der Waals surface area (Å²) in [5.74, 6) is 4.19. The summed E-state index contributed by atoms with van der Waals surface area (Å²) in [5, 5.41) is 0. The fourth-order valence-electron chi connectivity index (χ4n) is 20.3. The van der Waals surface area contributed by atoms with E-state index >= 15 is 0 Å². The van der Waals surface area contributed by atoms with Gasteiger partial charge in [0.05, 0.1) is 90.8 Å². The van der Waals surface area contributed by atoms with Crippen LogP contribution in [0, 0.1) is 23.7 Å². The van der Waals surface area contributed by atoms with Crippen LogP contribution >= 0.6 is 0 Å². The molecule has 792 valence electrons. The summed E-state index contributed by atoms with van der Waals surface area (Å²) in [6.07, 6.45) is 14.4. The van der Waals surface area contributed by atoms with Gasteiger partial charge >= 0.3 is 0 Å². The van der Waals surface area contributed by atoms with Crippen LogP contribution in [-0.2, 0) is 33.8 Å². The van der Waals surface area contributed by atoms with Crippen molar-refractivity contribution in [1.29, 1.82) is 0 Å². The van der Waals surface area contributed by atoms with E-state index in [9.17, 15) is 0 Å². The summed E-state index contributed by atoms with van der Waals surface area (Å²) in [6.45, 7) is 131. The van der Waals surface area contributed by atoms with E-state index < -0.39 is 0 Å². The van der Waals surface area contributed by atoms with Crippen molar-refractivity contribution in [3.8, 4) is 5.88 Å². The predicted octanol–water partition coefficient (Wildman–Crippen LogP) is 16.3. The molecule has 1 aromatic rings. The minimum atomic E-state index is -0.0694. The molecule has 0 bridgehead atoms. The first-order valence-electron chi connectivity index (χ1n) is 54.7. The molecule has 24 heteroatoms. The van der Waals surface area contributed by atoms with Gasteiger partial charge in [-0.3, -0.25) is 44.2 Å². The van der Waals surface area contributed by atoms with Crippen LogP contribution in [0.1, 0.15) is 306 Å². The maximum atomic E-state index is 6.14. The van der Waals surface area contributed by atoms with E-state index in [0.29, 0.717) is 39.7 Å². The summed E-state index contributed by atoms with van der Waals surface area (Å²) < 4.78 is 41.2. The quantitative estimate of drug-likeness (QED) is 0.0785. The summed E-state index contributed by atoms with van der Waals surface area (Å²) in [6, 6.07) is 0.803. The van der Waals surface area contributed by atoms with Gasteiger partial charge in [-0.1, -0.05) is 20.8 Å². The summed E-state index contributed by atoms with van der Waals surface area (Å²) in [7, 11) is 0. The molecule has 135 heavy (non-hydrogen) atoms. The summed E-state index contributed by atoms with van der Waals surface area (Å²) in [5.41, 5.74) is 2.58. The van der Waals surface area contributed by atoms with Gasteiger partial charge in [0.25, 0.3) is 0 Å². The van der Waals surface area contributed by atoms with Gasteiger partial charge in [0, 0.05) is 262 Å². The molecule has 11 aliphatic rings. The average Bonchev–Trinajstić information content (AvgIpc) is 1.80. The Hall–Kier alpha value is -1.96. The van der Waals surface area contributed by atoms with E-state index in [1.54, 1.807) is 6.20 Å². The Bertz CT molecular complexity index is 3290. The van der Waals surface area contributed by atoms with Crippen LogP contribution in [-0.4, -0.2) is 451 Å². The minimum Gasteiger partial charge on any atom is -0.472 e. The van der Waals surface area contributed by atoms with Crippen LogP contribution in [0.3, 0.4) is 0 Å². The number of ether oxygens (including phenoxy) is 7. The van der Waals surface area contributed by atoms with Gasteiger partial charge in [-0.05, 0) is 336 Å². The summed E-state index contributed by atoms with van der Waals surface area (Å²) in [4.78, 5) is 47.9. The largest absolute Gasteiger partial charge is 0.472 e. The third-order valence-electron chi connectivity index (χ3n) is 29.1. The van der Waals surface area contributed by atoms with Crippen LogP contribution < -0.4 is 4.74 Å². The molecule has 12 rings (SSSR count). The number of piperidine rings is 3. The zero-order valence-electron chi connectivity index (χ0n) is 95.4. The molecule has 11 saturated heterocycles. The highest BCUT2D eigenvalue weighted by Crippen LogP contribution is 2.32. The molecule has 0 aliphatic carbocycles. The molecule has 11 aliphatic heterocycles. The second-order valence-corrected chi connectivity index (χ2v) is 54.3. The molecule has 0 radical (unpaired) electrons. The van der Waals surface area contributed by atoms with E-state index in [0.717, 1.165) is 121 Å². The SMILES string of the molecule is CC(C)(C)OC1CCN(CC2CCN(C(C)(C)C)CC2)CC1.CC(C)(C)OCCN1CC(CCN2CCN(C(C)(C)C)CC2)C1.CC(C)(C)OCCN1CC(CN2CCN(C(C)(C)C)CC2)C1.CC(C)(C)OCCN1CCC(N2CCN(C(C)(C)C)CC2)CC1.CC(C)(C)OCCN1CCN(CC2CN(C(C)(C)C)C2)CC1.CC(C)(C)OCCN1CC[C@H](Oc2cnc(C(C)(C)C)cn2)C1. The normalized spacial score (nSPS) is 23.3. The topological polar surface area (TPSA) is 139 Å². The summed E-state index contributed by atoms with van der Waals surface area (Å²) >= 11 is 0. The first-order chi connectivity index (χ1) is 62.3. The molecule has 1 atom stereocenters. The lowest BCUT2D eigenvalue weighted by Crippen LogP contribution is -2.59. The third kappa shape index (κ3) is 49.7. The Morgan fingerprint density at radius 1 is 0.252 bits per heavy atom. The predicted molar refractivity (Wildman–Crippen MR) is 569 cm³/mol. The molecular weight excluding hydrogens is 1680 g/mol. The number of piperazine rings is 4. The van der Waals surface area contributed by atoms with Crippen LogP contribution in [0.25, 0.3) is 0 Å². The molecule has 1 aromatic heterocycles. The second-order valence-electron chi connectivity index (χ2n) is 54.3. The van der Waals surface area contributed by atoms with Crippen molar-refractivity contribution < 1.29 is 33.2 Å². The van der Waals surface area contributed by atoms with Crippen molar-refractivity contribution in [2.24, 2.45) is 23.7 Å². The first kappa shape index (κ1) is 120. The Kier molecular flexibility index (Phi) is 47.9. The van der Waals surface area contributed by atoms with E-state index in [1.807, 2.05) is 6.20 Å². The van der Waals surface area contributed by atoms with Crippen LogP contribution in [0.5, 0.6) is 5.88 Å². The highest BCUT2D eigenvalue weighted by atomic mass is 16.5. The van der Waals surface area contributed by atoms with Gasteiger partial charge in [-0.2, -0.15) is 0 Å². The molecule has 0 saturated carbocycles. The maximum Gasteiger partial charge on any atom is 0.232 e. The standard InChI is InChI=1S/2C19H39N3O.C19H38N2O.C18H31N3O2.2C18H37N3O/c1-18(2,3)22-13-11-21(12-14-22)17-7-9-20(10-8-17)15-16-23-19(4,5)6;1-18(2,3)22-11-9-20(10-12-22)8-7-17-15-21(16-17)13-14-23-19(4,5)6;1-18(2,3)21-13-7-16(8-14-21)15-20-11-9-17(10-12-20)22-19(4,5)6;1-17(2,3)15-11-20-16(12-19-15)23-14-7-8-21(13-14)9-10-22-18(4,5)6;1-17(2,3)21-9-7-19(8-10-21)13-16-14-20(15-16)11-12-22-18(4,5)6;1-17(2,3)21-14-16(15-21)13-20-9-7-19(8-10-20)11-12-22-18(4,5)6/h2*17H,7-16H2,1-6H3;16-17H,7-15H2,1-6H3;11-12,14H,7-10,13H2,1-6H3;2*16H,7-15H2,1-6H3/t;;;14-;;/m...0../s1. The van der Waals surface area contributed by atoms with E-state index in [4.69, 9.17) is 33.2 Å². The molecule has 0 amide bonds. The molecule has 0 N–H and O–H groups in total. The molecule has 0 aromatic carbocycles. The monoisotopic (exact) mass is 1900 g/mol. The van der Waals surface area contributed by atoms with E-state index in [2.05, 4.69) is 333 Å². The molecule has 0 spiro atoms. The fourth-order valence-corrected chi connectivity index (χ4v) is 20.3. The number of aromatic nitrogens is 2. The molecule has 11 fully saturated rings. The van der Waals surface area contributed by atoms with Crippen molar-refractivity contribution in [2.45, 2.75) is 386 Å². The first-order valence-corrected chi connectivity index (χ1v) is 54.7. The highest BCUT2D eigenvalue weighted by Gasteiger charge is 2.40. The number of hydrogen-bond donors (Lipinski definition) is 0. The fraction of sp³-hybridized carbons (Fsp3) is 0.964. The molecule has 24 nitrogen and oxygen atoms in total. The minimum absolute atomic E-state index is 0.000527. The lowest BCUT2D eigenvalue weighted by Gasteiger charge is -2.49. The molecular formula is C111H221N17O7. The molecule has 0 unspecified atom stereocenters. The van der Waals surface area contributed by atoms with Gasteiger partial charge in [0.1, 0.15) is 6.10 Å². The van der Waals surface area contributed by atoms with Gasteiger partial charge in [0.2, 0.25) is 5.88 Å². The van der Waals surface area contributed by atoms with E-state index in [-0.39, 0.29) is 45.1 Å². The Labute approximate surface area is 833 Å². The Morgan fingerprint density at radius 3 is 0.948 bits per heavy atom. The number of likely N-dealkylation sites (tertiary alicyclic amines) is 7. The zero-order chi connectivity index (χ0) is 100. The van der Waals surface area contributed by atoms with Crippen molar-refractivity contribution in [3.63, 3.8) is 0 Å². The Balaban J connectivity index is 0.000000221.